The van der Waals surface area contributed by atoms with Crippen molar-refractivity contribution in [1.29, 1.82) is 0 Å². The molecule has 0 aliphatic rings. The van der Waals surface area contributed by atoms with Crippen molar-refractivity contribution in [2.45, 2.75) is 19.8 Å². The Bertz CT molecular complexity index is 779. The summed E-state index contributed by atoms with van der Waals surface area (Å²) in [6, 6.07) is 1.98. The van der Waals surface area contributed by atoms with Gasteiger partial charge < -0.3 is 4.52 Å². The number of hydrogen-bond acceptors (Lipinski definition) is 5. The molecule has 0 aromatic carbocycles. The van der Waals surface area contributed by atoms with Crippen LogP contribution in [0.15, 0.2) is 33.7 Å². The third-order valence-corrected chi connectivity index (χ3v) is 3.73. The van der Waals surface area contributed by atoms with E-state index >= 15 is 0 Å². The molecule has 0 radical (unpaired) electrons. The molecule has 0 N–H and O–H groups in total. The summed E-state index contributed by atoms with van der Waals surface area (Å²) < 4.78 is 8.06. The van der Waals surface area contributed by atoms with Gasteiger partial charge in [-0.05, 0) is 41.4 Å². The van der Waals surface area contributed by atoms with Crippen molar-refractivity contribution in [3.05, 3.63) is 46.1 Å². The van der Waals surface area contributed by atoms with Gasteiger partial charge in [0.15, 0.2) is 0 Å². The van der Waals surface area contributed by atoms with E-state index in [-0.39, 0.29) is 5.92 Å². The molecule has 0 bridgehead atoms. The molecule has 7 heteroatoms. The van der Waals surface area contributed by atoms with Crippen molar-refractivity contribution < 1.29 is 4.52 Å². The van der Waals surface area contributed by atoms with Gasteiger partial charge in [0.1, 0.15) is 5.69 Å². The van der Waals surface area contributed by atoms with Crippen molar-refractivity contribution in [3.8, 4) is 11.5 Å². The Hall–Kier alpha value is -2.02. The highest BCUT2D eigenvalue weighted by Gasteiger charge is 2.19. The van der Waals surface area contributed by atoms with Crippen molar-refractivity contribution in [1.82, 2.24) is 24.9 Å². The van der Waals surface area contributed by atoms with Crippen molar-refractivity contribution >= 4 is 15.9 Å². The normalized spacial score (nSPS) is 12.6. The van der Waals surface area contributed by atoms with Crippen LogP contribution >= 0.6 is 15.9 Å². The Morgan fingerprint density at radius 3 is 2.81 bits per heavy atom. The van der Waals surface area contributed by atoms with E-state index in [1.54, 1.807) is 17.1 Å². The van der Waals surface area contributed by atoms with Crippen LogP contribution in [0.2, 0.25) is 0 Å². The van der Waals surface area contributed by atoms with E-state index in [2.05, 4.69) is 36.2 Å². The lowest BCUT2D eigenvalue weighted by Crippen LogP contribution is -1.96. The molecular weight excluding hydrogens is 334 g/mol. The number of hydrogen-bond donors (Lipinski definition) is 0. The smallest absolute Gasteiger partial charge is 0.234 e. The molecule has 6 nitrogen and oxygen atoms in total. The molecule has 0 saturated heterocycles. The summed E-state index contributed by atoms with van der Waals surface area (Å²) in [4.78, 5) is 8.81. The van der Waals surface area contributed by atoms with Gasteiger partial charge in [-0.3, -0.25) is 9.67 Å². The first kappa shape index (κ1) is 13.9. The Kier molecular flexibility index (Phi) is 3.59. The van der Waals surface area contributed by atoms with E-state index in [0.717, 1.165) is 21.3 Å². The van der Waals surface area contributed by atoms with Gasteiger partial charge in [0.05, 0.1) is 12.1 Å². The summed E-state index contributed by atoms with van der Waals surface area (Å²) in [5, 5.41) is 8.20. The third-order valence-electron chi connectivity index (χ3n) is 3.29. The van der Waals surface area contributed by atoms with Crippen molar-refractivity contribution in [2.75, 3.05) is 0 Å². The van der Waals surface area contributed by atoms with Gasteiger partial charge in [0.2, 0.25) is 11.7 Å². The summed E-state index contributed by atoms with van der Waals surface area (Å²) in [6.45, 7) is 3.98. The minimum absolute atomic E-state index is 0.00398. The molecule has 3 aromatic heterocycles. The van der Waals surface area contributed by atoms with Crippen LogP contribution in [0.25, 0.3) is 11.5 Å². The second-order valence-corrected chi connectivity index (χ2v) is 5.86. The number of nitrogens with zero attached hydrogens (tertiary/aromatic N) is 5. The van der Waals surface area contributed by atoms with Crippen LogP contribution in [-0.2, 0) is 7.05 Å². The second-order valence-electron chi connectivity index (χ2n) is 4.94. The van der Waals surface area contributed by atoms with E-state index in [9.17, 15) is 0 Å². The molecule has 0 saturated carbocycles. The van der Waals surface area contributed by atoms with Gasteiger partial charge in [-0.1, -0.05) is 5.16 Å². The van der Waals surface area contributed by atoms with Gasteiger partial charge in [0, 0.05) is 29.5 Å². The van der Waals surface area contributed by atoms with Crippen molar-refractivity contribution in [3.63, 3.8) is 0 Å². The molecule has 21 heavy (non-hydrogen) atoms. The van der Waals surface area contributed by atoms with Gasteiger partial charge in [-0.25, -0.2) is 0 Å². The lowest BCUT2D eigenvalue weighted by molar-refractivity contribution is 0.370. The number of rotatable bonds is 3. The quantitative estimate of drug-likeness (QED) is 0.728. The Morgan fingerprint density at radius 1 is 1.33 bits per heavy atom. The van der Waals surface area contributed by atoms with Gasteiger partial charge >= 0.3 is 0 Å². The average Bonchev–Trinajstić information content (AvgIpc) is 3.07. The number of pyridine rings is 1. The molecule has 3 aromatic rings. The van der Waals surface area contributed by atoms with Gasteiger partial charge in [-0.2, -0.15) is 10.1 Å². The van der Waals surface area contributed by atoms with Crippen LogP contribution in [0.5, 0.6) is 0 Å². The fourth-order valence-corrected chi connectivity index (χ4v) is 2.53. The molecule has 0 fully saturated rings. The standard InChI is InChI=1S/C14H14BrN5O/c1-8-4-11(15)6-16-12(8)13-18-14(21-19-13)9(2)10-5-17-20(3)7-10/h4-7,9H,1-3H3/t9-/m0/s1. The SMILES string of the molecule is Cc1cc(Br)cnc1-c1noc([C@@H](C)c2cnn(C)c2)n1. The minimum Gasteiger partial charge on any atom is -0.338 e. The summed E-state index contributed by atoms with van der Waals surface area (Å²) in [6.07, 6.45) is 5.47. The monoisotopic (exact) mass is 347 g/mol. The molecule has 0 spiro atoms. The first-order valence-electron chi connectivity index (χ1n) is 6.49. The molecule has 0 aliphatic carbocycles. The number of aromatic nitrogens is 5. The minimum atomic E-state index is -0.00398. The number of aryl methyl sites for hydroxylation is 2. The van der Waals surface area contributed by atoms with E-state index in [1.807, 2.05) is 33.2 Å². The Balaban J connectivity index is 1.92. The highest BCUT2D eigenvalue weighted by molar-refractivity contribution is 9.10. The average molecular weight is 348 g/mol. The maximum atomic E-state index is 5.38. The van der Waals surface area contributed by atoms with Crippen molar-refractivity contribution in [2.24, 2.45) is 7.05 Å². The summed E-state index contributed by atoms with van der Waals surface area (Å²) >= 11 is 3.39. The fraction of sp³-hybridized carbons (Fsp3) is 0.286. The molecule has 3 heterocycles. The van der Waals surface area contributed by atoms with Crippen LogP contribution in [0.3, 0.4) is 0 Å². The predicted molar refractivity (Wildman–Crippen MR) is 80.7 cm³/mol. The molecule has 3 rings (SSSR count). The first-order valence-corrected chi connectivity index (χ1v) is 7.28. The van der Waals surface area contributed by atoms with Crippen LogP contribution in [-0.4, -0.2) is 24.9 Å². The van der Waals surface area contributed by atoms with Crippen LogP contribution in [0.1, 0.15) is 29.9 Å². The summed E-state index contributed by atoms with van der Waals surface area (Å²) in [7, 11) is 1.88. The van der Waals surface area contributed by atoms with Crippen LogP contribution < -0.4 is 0 Å². The molecule has 1 atom stereocenters. The molecule has 0 amide bonds. The zero-order chi connectivity index (χ0) is 15.0. The zero-order valence-corrected chi connectivity index (χ0v) is 13.5. The largest absolute Gasteiger partial charge is 0.338 e. The lowest BCUT2D eigenvalue weighted by Gasteiger charge is -2.02. The fourth-order valence-electron chi connectivity index (χ4n) is 2.09. The van der Waals surface area contributed by atoms with E-state index in [0.29, 0.717) is 11.7 Å². The maximum Gasteiger partial charge on any atom is 0.234 e. The summed E-state index contributed by atoms with van der Waals surface area (Å²) in [5.41, 5.74) is 2.76. The number of halogens is 1. The van der Waals surface area contributed by atoms with E-state index < -0.39 is 0 Å². The third kappa shape index (κ3) is 2.73. The van der Waals surface area contributed by atoms with Gasteiger partial charge in [0.25, 0.3) is 0 Å². The molecule has 0 aliphatic heterocycles. The van der Waals surface area contributed by atoms with Crippen LogP contribution in [0.4, 0.5) is 0 Å². The second kappa shape index (κ2) is 5.40. The maximum absolute atomic E-state index is 5.38. The predicted octanol–water partition coefficient (Wildman–Crippen LogP) is 3.09. The Labute approximate surface area is 130 Å². The topological polar surface area (TPSA) is 69.6 Å². The first-order chi connectivity index (χ1) is 10.0. The van der Waals surface area contributed by atoms with Gasteiger partial charge in [-0.15, -0.1) is 0 Å². The zero-order valence-electron chi connectivity index (χ0n) is 11.9. The van der Waals surface area contributed by atoms with E-state index in [4.69, 9.17) is 4.52 Å². The van der Waals surface area contributed by atoms with Crippen LogP contribution in [0, 0.1) is 6.92 Å². The lowest BCUT2D eigenvalue weighted by atomic mass is 10.1. The molecule has 0 unspecified atom stereocenters. The molecule has 108 valence electrons. The highest BCUT2D eigenvalue weighted by atomic mass is 79.9. The highest BCUT2D eigenvalue weighted by Crippen LogP contribution is 2.26. The molecular formula is C14H14BrN5O. The summed E-state index contributed by atoms with van der Waals surface area (Å²) in [5.74, 6) is 1.06. The Morgan fingerprint density at radius 2 is 2.14 bits per heavy atom. The van der Waals surface area contributed by atoms with E-state index in [1.165, 1.54) is 0 Å².